The lowest BCUT2D eigenvalue weighted by Crippen LogP contribution is -1.43. The predicted molar refractivity (Wildman–Crippen MR) is 16.6 cm³/mol. The van der Waals surface area contributed by atoms with Crippen LogP contribution in [0.15, 0.2) is 0 Å². The third-order valence-corrected chi connectivity index (χ3v) is 0.227. The monoisotopic (exact) mass is 91.0 g/mol. The summed E-state index contributed by atoms with van der Waals surface area (Å²) in [6.45, 7) is 0. The molecule has 3 nitrogen and oxygen atoms in total. The van der Waals surface area contributed by atoms with Crippen LogP contribution in [0.2, 0.25) is 0 Å². The van der Waals surface area contributed by atoms with Crippen molar-refractivity contribution in [2.45, 2.75) is 0 Å². The first-order valence-electron chi connectivity index (χ1n) is 0.779. The van der Waals surface area contributed by atoms with Crippen molar-refractivity contribution in [3.05, 3.63) is 0 Å². The highest BCUT2D eigenvalue weighted by molar-refractivity contribution is 7.71. The van der Waals surface area contributed by atoms with Gasteiger partial charge in [-0.25, -0.2) is 9.57 Å². The Labute approximate surface area is 30.2 Å². The molecule has 0 aliphatic carbocycles. The van der Waals surface area contributed by atoms with Crippen LogP contribution < -0.4 is 0 Å². The molecule has 0 spiro atoms. The van der Waals surface area contributed by atoms with Crippen LogP contribution in [0.1, 0.15) is 0 Å². The summed E-state index contributed by atoms with van der Waals surface area (Å²) in [6.07, 6.45) is 0. The number of rotatable bonds is 0. The molecule has 28 valence electrons. The summed E-state index contributed by atoms with van der Waals surface area (Å²) in [6, 6.07) is 0. The van der Waals surface area contributed by atoms with Gasteiger partial charge in [0.1, 0.15) is 0 Å². The summed E-state index contributed by atoms with van der Waals surface area (Å²) in [5.41, 5.74) is 0. The minimum atomic E-state index is -2.13. The molecule has 0 unspecified atom stereocenters. The maximum atomic E-state index is 9.17. The van der Waals surface area contributed by atoms with Gasteiger partial charge in [0.05, 0.1) is 0 Å². The van der Waals surface area contributed by atoms with E-state index in [0.29, 0.717) is 0 Å². The molecule has 0 saturated carbocycles. The van der Waals surface area contributed by atoms with Crippen LogP contribution in [0.3, 0.4) is 0 Å². The van der Waals surface area contributed by atoms with Crippen molar-refractivity contribution in [1.29, 1.82) is 4.78 Å². The SMILES string of the molecule is N=S(=O)=C=O. The van der Waals surface area contributed by atoms with Gasteiger partial charge >= 0.3 is 0 Å². The van der Waals surface area contributed by atoms with Crippen LogP contribution in [-0.4, -0.2) is 9.44 Å². The van der Waals surface area contributed by atoms with Crippen LogP contribution in [0.5, 0.6) is 0 Å². The quantitative estimate of drug-likeness (QED) is 0.411. The smallest absolute Gasteiger partial charge is 0.217 e. The van der Waals surface area contributed by atoms with Gasteiger partial charge in [0.15, 0.2) is 10.2 Å². The Morgan fingerprint density at radius 3 is 2.00 bits per heavy atom. The number of nitrogens with one attached hydrogen (secondary N) is 1. The molecule has 0 atom stereocenters. The number of hydrogen-bond donors (Lipinski definition) is 1. The van der Waals surface area contributed by atoms with Gasteiger partial charge in [-0.3, -0.25) is 0 Å². The zero-order valence-electron chi connectivity index (χ0n) is 2.22. The van der Waals surface area contributed by atoms with Crippen molar-refractivity contribution < 1.29 is 9.00 Å². The van der Waals surface area contributed by atoms with Crippen LogP contribution in [-0.2, 0) is 15.0 Å². The van der Waals surface area contributed by atoms with Gasteiger partial charge in [-0.1, -0.05) is 0 Å². The second-order valence-corrected chi connectivity index (χ2v) is 1.06. The molecule has 4 heteroatoms. The van der Waals surface area contributed by atoms with Crippen LogP contribution >= 0.6 is 0 Å². The second-order valence-electron chi connectivity index (χ2n) is 0.352. The fraction of sp³-hybridized carbons (Fsp3) is 0. The molecule has 0 amide bonds. The van der Waals surface area contributed by atoms with Gasteiger partial charge in [0.2, 0.25) is 5.23 Å². The maximum Gasteiger partial charge on any atom is 0.237 e. The van der Waals surface area contributed by atoms with Crippen molar-refractivity contribution in [3.8, 4) is 0 Å². The zero-order chi connectivity index (χ0) is 4.28. The molecule has 0 aliphatic rings. The molecular formula is CHNO2S. The molecule has 0 aromatic carbocycles. The van der Waals surface area contributed by atoms with Crippen LogP contribution in [0, 0.1) is 4.78 Å². The molecule has 0 heterocycles. The normalized spacial score (nSPS) is 5.60. The third-order valence-electron chi connectivity index (χ3n) is 0.0757. The highest BCUT2D eigenvalue weighted by Crippen LogP contribution is 1.21. The van der Waals surface area contributed by atoms with E-state index in [9.17, 15) is 0 Å². The first-order valence-corrected chi connectivity index (χ1v) is 1.93. The molecule has 0 bridgehead atoms. The summed E-state index contributed by atoms with van der Waals surface area (Å²) in [5.74, 6) is 0. The minimum absolute atomic E-state index is 0.917. The van der Waals surface area contributed by atoms with Gasteiger partial charge in [0.25, 0.3) is 0 Å². The molecule has 0 saturated heterocycles. The Kier molecular flexibility index (Phi) is 1.49. The Morgan fingerprint density at radius 2 is 2.00 bits per heavy atom. The fourth-order valence-electron chi connectivity index (χ4n) is 0. The summed E-state index contributed by atoms with van der Waals surface area (Å²) in [5, 5.41) is 0.917. The van der Waals surface area contributed by atoms with E-state index in [4.69, 9.17) is 13.8 Å². The fourth-order valence-corrected chi connectivity index (χ4v) is 0. The first-order chi connectivity index (χ1) is 2.27. The summed E-state index contributed by atoms with van der Waals surface area (Å²) < 4.78 is 15.0. The molecule has 5 heavy (non-hydrogen) atoms. The average Bonchev–Trinajstić information content (AvgIpc) is 1.38. The molecule has 1 N–H and O–H groups in total. The third kappa shape index (κ3) is 3.40. The van der Waals surface area contributed by atoms with Crippen LogP contribution in [0.4, 0.5) is 0 Å². The number of hydrogen-bond acceptors (Lipinski definition) is 3. The predicted octanol–water partition coefficient (Wildman–Crippen LogP) is -0.435. The van der Waals surface area contributed by atoms with E-state index >= 15 is 0 Å². The lowest BCUT2D eigenvalue weighted by molar-refractivity contribution is 0.570. The standard InChI is InChI=1S/CHNO2S/c2-5(4)1-3/h2H. The van der Waals surface area contributed by atoms with Crippen molar-refractivity contribution in [1.82, 2.24) is 0 Å². The molecule has 0 aromatic rings. The molecular weight excluding hydrogens is 90.1 g/mol. The Hall–Kier alpha value is -0.600. The molecule has 0 fully saturated rings. The second kappa shape index (κ2) is 1.69. The highest BCUT2D eigenvalue weighted by atomic mass is 32.2. The van der Waals surface area contributed by atoms with Crippen molar-refractivity contribution >= 4 is 15.4 Å². The maximum absolute atomic E-state index is 9.17. The van der Waals surface area contributed by atoms with E-state index in [1.807, 2.05) is 0 Å². The van der Waals surface area contributed by atoms with Gasteiger partial charge < -0.3 is 0 Å². The van der Waals surface area contributed by atoms with Crippen molar-refractivity contribution in [2.24, 2.45) is 0 Å². The summed E-state index contributed by atoms with van der Waals surface area (Å²) >= 11 is 0. The van der Waals surface area contributed by atoms with Gasteiger partial charge in [-0.2, -0.15) is 4.21 Å². The molecule has 0 aliphatic heterocycles. The van der Waals surface area contributed by atoms with E-state index in [1.165, 1.54) is 0 Å². The molecule has 0 rings (SSSR count). The van der Waals surface area contributed by atoms with Gasteiger partial charge in [0, 0.05) is 0 Å². The molecule has 0 radical (unpaired) electrons. The summed E-state index contributed by atoms with van der Waals surface area (Å²) in [4.78, 5) is 8.89. The topological polar surface area (TPSA) is 58.0 Å². The van der Waals surface area contributed by atoms with E-state index in [0.717, 1.165) is 5.23 Å². The highest BCUT2D eigenvalue weighted by Gasteiger charge is 1.40. The van der Waals surface area contributed by atoms with E-state index in [2.05, 4.69) is 0 Å². The van der Waals surface area contributed by atoms with Gasteiger partial charge in [-0.15, -0.1) is 0 Å². The lowest BCUT2D eigenvalue weighted by Gasteiger charge is -1.26. The van der Waals surface area contributed by atoms with Gasteiger partial charge in [-0.05, 0) is 0 Å². The lowest BCUT2D eigenvalue weighted by atomic mass is 11.9. The Bertz CT molecular complexity index is 140. The zero-order valence-corrected chi connectivity index (χ0v) is 3.04. The first kappa shape index (κ1) is 4.40. The minimum Gasteiger partial charge on any atom is -0.217 e. The average molecular weight is 91.1 g/mol. The van der Waals surface area contributed by atoms with Crippen LogP contribution in [0.25, 0.3) is 0 Å². The van der Waals surface area contributed by atoms with E-state index in [1.54, 1.807) is 0 Å². The molecule has 0 aromatic heterocycles. The van der Waals surface area contributed by atoms with E-state index < -0.39 is 10.2 Å². The Balaban J connectivity index is 5.08. The van der Waals surface area contributed by atoms with Crippen molar-refractivity contribution in [3.63, 3.8) is 0 Å². The Morgan fingerprint density at radius 1 is 1.80 bits per heavy atom. The van der Waals surface area contributed by atoms with Crippen molar-refractivity contribution in [2.75, 3.05) is 0 Å². The summed E-state index contributed by atoms with van der Waals surface area (Å²) in [7, 11) is -2.13. The number of carbonyl (C=O) groups excluding carboxylic acids is 1. The largest absolute Gasteiger partial charge is 0.237 e. The van der Waals surface area contributed by atoms with E-state index in [-0.39, 0.29) is 0 Å².